The molecule has 5 aromatic carbocycles. The van der Waals surface area contributed by atoms with Crippen LogP contribution >= 0.6 is 0 Å². The van der Waals surface area contributed by atoms with E-state index in [9.17, 15) is 9.90 Å². The number of phenolic OH excluding ortho intramolecular Hbond substituents is 1. The average molecular weight is 498 g/mol. The van der Waals surface area contributed by atoms with E-state index in [1.807, 2.05) is 84.9 Å². The van der Waals surface area contributed by atoms with Crippen molar-refractivity contribution in [1.82, 2.24) is 0 Å². The lowest BCUT2D eigenvalue weighted by molar-refractivity contribution is -0.356. The van der Waals surface area contributed by atoms with Crippen LogP contribution in [-0.4, -0.2) is 17.4 Å². The summed E-state index contributed by atoms with van der Waals surface area (Å²) in [4.78, 5) is 14.7. The number of hydrogen-bond acceptors (Lipinski definition) is 3. The van der Waals surface area contributed by atoms with Crippen LogP contribution < -0.4 is 33.6 Å². The summed E-state index contributed by atoms with van der Waals surface area (Å²) in [6.07, 6.45) is 0.676. The molecule has 0 aliphatic carbocycles. The summed E-state index contributed by atoms with van der Waals surface area (Å²) in [5.74, 6) is 0.632. The minimum absolute atomic E-state index is 0. The third-order valence-corrected chi connectivity index (χ3v) is 5.93. The van der Waals surface area contributed by atoms with E-state index in [2.05, 4.69) is 4.99 Å². The predicted molar refractivity (Wildman–Crippen MR) is 139 cm³/mol. The van der Waals surface area contributed by atoms with Crippen molar-refractivity contribution in [3.05, 3.63) is 102 Å². The van der Waals surface area contributed by atoms with Crippen molar-refractivity contribution >= 4 is 39.5 Å². The van der Waals surface area contributed by atoms with E-state index in [0.29, 0.717) is 17.6 Å². The molecule has 0 unspecified atom stereocenters. The highest BCUT2D eigenvalue weighted by molar-refractivity contribution is 6.12. The van der Waals surface area contributed by atoms with Crippen LogP contribution in [0, 0.1) is 0 Å². The fourth-order valence-corrected chi connectivity index (χ4v) is 4.40. The molecule has 0 aromatic heterocycles. The van der Waals surface area contributed by atoms with Crippen molar-refractivity contribution in [3.63, 3.8) is 0 Å². The van der Waals surface area contributed by atoms with E-state index < -0.39 is 0 Å². The molecular weight excluding hydrogens is 474 g/mol. The minimum Gasteiger partial charge on any atom is -1.00 e. The van der Waals surface area contributed by atoms with Crippen LogP contribution in [0.2, 0.25) is 0 Å². The number of nitrogens with one attached hydrogen (secondary N) is 1. The van der Waals surface area contributed by atoms with E-state index in [1.165, 1.54) is 0 Å². The van der Waals surface area contributed by atoms with Gasteiger partial charge in [0.1, 0.15) is 18.1 Å². The molecule has 0 aliphatic heterocycles. The molecule has 0 bridgehead atoms. The monoisotopic (exact) mass is 497 g/mol. The molecule has 0 saturated carbocycles. The van der Waals surface area contributed by atoms with E-state index >= 15 is 0 Å². The van der Waals surface area contributed by atoms with Gasteiger partial charge in [-0.15, -0.1) is 0 Å². The molecule has 36 heavy (non-hydrogen) atoms. The molecule has 0 heterocycles. The zero-order valence-electron chi connectivity index (χ0n) is 19.2. The SMILES string of the molecule is NC(N)=[NH+]c1cccc(COc2ccc3ccccc3c2-c2c(O)c(C=O)cc3ccccc23)c1.[Cl-]. The molecule has 6 nitrogen and oxygen atoms in total. The zero-order valence-corrected chi connectivity index (χ0v) is 20.0. The van der Waals surface area contributed by atoms with E-state index in [4.69, 9.17) is 16.2 Å². The van der Waals surface area contributed by atoms with Crippen LogP contribution in [0.15, 0.2) is 91.0 Å². The van der Waals surface area contributed by atoms with Gasteiger partial charge >= 0.3 is 5.96 Å². The standard InChI is InChI=1S/C29H23N3O3.ClH/c30-29(31)32-22-9-5-6-18(14-22)17-35-25-13-12-19-7-1-3-10-23(19)26(25)27-24-11-4-2-8-20(24)15-21(16-33)28(27)34;/h1-16,34H,17H2,(H4,30,31,32);1H. The summed E-state index contributed by atoms with van der Waals surface area (Å²) in [6.45, 7) is 0.275. The molecule has 7 heteroatoms. The largest absolute Gasteiger partial charge is 1.00 e. The van der Waals surface area contributed by atoms with E-state index in [1.54, 1.807) is 6.07 Å². The first kappa shape index (κ1) is 24.6. The maximum Gasteiger partial charge on any atom is 0.343 e. The van der Waals surface area contributed by atoms with E-state index in [0.717, 1.165) is 38.4 Å². The Morgan fingerprint density at radius 3 is 2.25 bits per heavy atom. The summed E-state index contributed by atoms with van der Waals surface area (Å²) in [5.41, 5.74) is 14.3. The van der Waals surface area contributed by atoms with Crippen LogP contribution in [-0.2, 0) is 6.61 Å². The van der Waals surface area contributed by atoms with Gasteiger partial charge in [0.25, 0.3) is 0 Å². The normalized spacial score (nSPS) is 10.6. The topological polar surface area (TPSA) is 113 Å². The maximum absolute atomic E-state index is 11.8. The quantitative estimate of drug-likeness (QED) is 0.157. The van der Waals surface area contributed by atoms with Crippen molar-refractivity contribution in [2.24, 2.45) is 11.5 Å². The smallest absolute Gasteiger partial charge is 0.343 e. The third kappa shape index (κ3) is 4.67. The number of fused-ring (bicyclic) bond motifs is 2. The van der Waals surface area contributed by atoms with Gasteiger partial charge in [0, 0.05) is 11.1 Å². The number of aromatic hydroxyl groups is 1. The molecule has 0 aliphatic rings. The number of carbonyl (C=O) groups excluding carboxylic acids is 1. The molecule has 5 aromatic rings. The van der Waals surface area contributed by atoms with Crippen molar-refractivity contribution in [3.8, 4) is 22.6 Å². The fraction of sp³-hybridized carbons (Fsp3) is 0.0345. The zero-order chi connectivity index (χ0) is 24.4. The Kier molecular flexibility index (Phi) is 7.08. The first-order valence-corrected chi connectivity index (χ1v) is 11.1. The van der Waals surface area contributed by atoms with Crippen LogP contribution in [0.25, 0.3) is 32.7 Å². The van der Waals surface area contributed by atoms with Crippen molar-refractivity contribution < 1.29 is 32.0 Å². The molecule has 5 rings (SSSR count). The molecule has 6 N–H and O–H groups in total. The van der Waals surface area contributed by atoms with Crippen molar-refractivity contribution in [2.75, 3.05) is 0 Å². The number of halogens is 1. The van der Waals surface area contributed by atoms with Gasteiger partial charge in [-0.3, -0.25) is 16.3 Å². The lowest BCUT2D eigenvalue weighted by Gasteiger charge is -2.18. The lowest BCUT2D eigenvalue weighted by atomic mass is 9.90. The Balaban J connectivity index is 0.00000304. The number of carbonyl (C=O) groups is 1. The van der Waals surface area contributed by atoms with Gasteiger partial charge < -0.3 is 22.3 Å². The van der Waals surface area contributed by atoms with Gasteiger partial charge in [0.2, 0.25) is 0 Å². The number of nitrogens with two attached hydrogens (primary N) is 2. The molecule has 0 radical (unpaired) electrons. The Bertz CT molecular complexity index is 1610. The van der Waals surface area contributed by atoms with Gasteiger partial charge in [-0.2, -0.15) is 0 Å². The number of guanidine groups is 1. The van der Waals surface area contributed by atoms with Gasteiger partial charge in [-0.25, -0.2) is 4.99 Å². The van der Waals surface area contributed by atoms with Gasteiger partial charge in [-0.1, -0.05) is 66.7 Å². The van der Waals surface area contributed by atoms with Gasteiger partial charge in [-0.05, 0) is 51.4 Å². The Morgan fingerprint density at radius 1 is 0.833 bits per heavy atom. The highest BCUT2D eigenvalue weighted by atomic mass is 35.5. The summed E-state index contributed by atoms with van der Waals surface area (Å²) in [5, 5.41) is 14.8. The van der Waals surface area contributed by atoms with Crippen LogP contribution in [0.5, 0.6) is 11.5 Å². The van der Waals surface area contributed by atoms with E-state index in [-0.39, 0.29) is 36.3 Å². The first-order valence-electron chi connectivity index (χ1n) is 11.1. The lowest BCUT2D eigenvalue weighted by Crippen LogP contribution is -3.00. The number of aldehydes is 1. The summed E-state index contributed by atoms with van der Waals surface area (Å²) >= 11 is 0. The number of rotatable bonds is 6. The molecule has 0 spiro atoms. The summed E-state index contributed by atoms with van der Waals surface area (Å²) < 4.78 is 6.33. The highest BCUT2D eigenvalue weighted by Gasteiger charge is 2.20. The second kappa shape index (κ2) is 10.4. The molecular formula is C29H24ClN3O3. The highest BCUT2D eigenvalue weighted by Crippen LogP contribution is 2.46. The molecule has 180 valence electrons. The van der Waals surface area contributed by atoms with Gasteiger partial charge in [0.05, 0.1) is 11.3 Å². The minimum atomic E-state index is -0.0694. The molecule has 0 amide bonds. The van der Waals surface area contributed by atoms with Crippen LogP contribution in [0.1, 0.15) is 15.9 Å². The Morgan fingerprint density at radius 2 is 1.53 bits per heavy atom. The first-order chi connectivity index (χ1) is 17.0. The van der Waals surface area contributed by atoms with Crippen LogP contribution in [0.4, 0.5) is 5.69 Å². The van der Waals surface area contributed by atoms with Crippen molar-refractivity contribution in [2.45, 2.75) is 6.61 Å². The summed E-state index contributed by atoms with van der Waals surface area (Å²) in [7, 11) is 0. The third-order valence-electron chi connectivity index (χ3n) is 5.93. The maximum atomic E-state index is 11.8. The molecule has 0 atom stereocenters. The second-order valence-corrected chi connectivity index (χ2v) is 8.26. The molecule has 0 fully saturated rings. The van der Waals surface area contributed by atoms with Crippen LogP contribution in [0.3, 0.4) is 0 Å². The summed E-state index contributed by atoms with van der Waals surface area (Å²) in [6, 6.07) is 28.8. The second-order valence-electron chi connectivity index (χ2n) is 8.26. The average Bonchev–Trinajstić information content (AvgIpc) is 2.87. The number of hydrogen-bond donors (Lipinski definition) is 4. The Labute approximate surface area is 214 Å². The number of ether oxygens (including phenoxy) is 1. The molecule has 0 saturated heterocycles. The number of benzene rings is 5. The predicted octanol–water partition coefficient (Wildman–Crippen LogP) is 0.747. The van der Waals surface area contributed by atoms with Gasteiger partial charge in [0.15, 0.2) is 6.29 Å². The number of phenols is 1. The fourth-order valence-electron chi connectivity index (χ4n) is 4.40. The Hall–Kier alpha value is -4.55. The van der Waals surface area contributed by atoms with Crippen molar-refractivity contribution in [1.29, 1.82) is 0 Å².